The number of carbonyl (C=O) groups is 2. The lowest BCUT2D eigenvalue weighted by atomic mass is 10.2. The van der Waals surface area contributed by atoms with Crippen LogP contribution in [0.5, 0.6) is 0 Å². The van der Waals surface area contributed by atoms with Crippen LogP contribution in [0.2, 0.25) is 0 Å². The Balaban J connectivity index is 1.52. The Hall–Kier alpha value is -3.43. The summed E-state index contributed by atoms with van der Waals surface area (Å²) in [4.78, 5) is 30.7. The molecule has 9 heteroatoms. The molecule has 4 heterocycles. The van der Waals surface area contributed by atoms with Gasteiger partial charge in [0.2, 0.25) is 5.91 Å². The van der Waals surface area contributed by atoms with E-state index in [1.54, 1.807) is 22.1 Å². The van der Waals surface area contributed by atoms with E-state index in [1.807, 2.05) is 18.2 Å². The monoisotopic (exact) mass is 478 g/mol. The number of hydrogen-bond acceptors (Lipinski definition) is 7. The van der Waals surface area contributed by atoms with Gasteiger partial charge in [-0.25, -0.2) is 9.78 Å². The lowest BCUT2D eigenvalue weighted by Crippen LogP contribution is -2.21. The summed E-state index contributed by atoms with van der Waals surface area (Å²) in [5.74, 6) is -0.801. The van der Waals surface area contributed by atoms with Gasteiger partial charge in [-0.2, -0.15) is 0 Å². The number of hydrogen-bond donors (Lipinski definition) is 2. The number of carbonyl (C=O) groups excluding carboxylic acids is 2. The van der Waals surface area contributed by atoms with Gasteiger partial charge in [0.25, 0.3) is 0 Å². The predicted molar refractivity (Wildman–Crippen MR) is 134 cm³/mol. The number of methoxy groups -OCH3 is 1. The minimum atomic E-state index is -0.528. The summed E-state index contributed by atoms with van der Waals surface area (Å²) in [7, 11) is 1.33. The molecule has 0 radical (unpaired) electrons. The van der Waals surface area contributed by atoms with Crippen LogP contribution in [0, 0.1) is 0 Å². The Bertz CT molecular complexity index is 1340. The summed E-state index contributed by atoms with van der Waals surface area (Å²) >= 11 is 1.74. The summed E-state index contributed by atoms with van der Waals surface area (Å²) < 4.78 is 13.9. The molecule has 5 rings (SSSR count). The van der Waals surface area contributed by atoms with Crippen molar-refractivity contribution in [3.8, 4) is 0 Å². The highest BCUT2D eigenvalue weighted by atomic mass is 32.1. The van der Waals surface area contributed by atoms with Gasteiger partial charge in [-0.15, -0.1) is 11.3 Å². The number of rotatable bonds is 7. The van der Waals surface area contributed by atoms with Gasteiger partial charge in [-0.05, 0) is 36.4 Å². The van der Waals surface area contributed by atoms with Crippen molar-refractivity contribution in [3.63, 3.8) is 0 Å². The van der Waals surface area contributed by atoms with Crippen molar-refractivity contribution < 1.29 is 19.1 Å². The van der Waals surface area contributed by atoms with Gasteiger partial charge < -0.3 is 24.7 Å². The number of fused-ring (bicyclic) bond motifs is 2. The average molecular weight is 479 g/mol. The number of aromatic nitrogens is 2. The van der Waals surface area contributed by atoms with E-state index in [1.165, 1.54) is 29.0 Å². The van der Waals surface area contributed by atoms with Crippen LogP contribution in [0.25, 0.3) is 21.1 Å². The fourth-order valence-corrected chi connectivity index (χ4v) is 5.42. The number of ether oxygens (including phenoxy) is 2. The van der Waals surface area contributed by atoms with Crippen molar-refractivity contribution in [3.05, 3.63) is 53.2 Å². The first kappa shape index (κ1) is 22.4. The second-order valence-electron chi connectivity index (χ2n) is 8.34. The van der Waals surface area contributed by atoms with Gasteiger partial charge in [0.15, 0.2) is 5.69 Å². The largest absolute Gasteiger partial charge is 0.464 e. The molecule has 1 unspecified atom stereocenters. The number of esters is 1. The second-order valence-corrected chi connectivity index (χ2v) is 9.51. The van der Waals surface area contributed by atoms with E-state index in [0.29, 0.717) is 36.4 Å². The standard InChI is InChI=1S/C25H26N4O4S/c1-15(30)28-22-20-11-17(26-13-19-10-16-6-3-4-8-21(16)34-19)12-27-24(20)29(23(22)25(31)32-2)14-18-7-5-9-33-18/h3-4,6,8,10-12,18,26H,5,7,9,13-14H2,1-2H3,(H,28,30). The van der Waals surface area contributed by atoms with Gasteiger partial charge in [0.1, 0.15) is 5.65 Å². The van der Waals surface area contributed by atoms with Crippen molar-refractivity contribution in [1.29, 1.82) is 0 Å². The van der Waals surface area contributed by atoms with Gasteiger partial charge in [0, 0.05) is 35.0 Å². The first-order valence-corrected chi connectivity index (χ1v) is 12.1. The molecule has 0 aliphatic carbocycles. The van der Waals surface area contributed by atoms with Crippen molar-refractivity contribution >= 4 is 55.7 Å². The highest BCUT2D eigenvalue weighted by Gasteiger charge is 2.28. The van der Waals surface area contributed by atoms with E-state index in [9.17, 15) is 9.59 Å². The molecule has 1 aliphatic heterocycles. The lowest BCUT2D eigenvalue weighted by molar-refractivity contribution is -0.114. The molecule has 176 valence electrons. The number of amides is 1. The van der Waals surface area contributed by atoms with E-state index in [-0.39, 0.29) is 17.7 Å². The van der Waals surface area contributed by atoms with Crippen LogP contribution in [0.15, 0.2) is 42.6 Å². The summed E-state index contributed by atoms with van der Waals surface area (Å²) in [5, 5.41) is 8.15. The lowest BCUT2D eigenvalue weighted by Gasteiger charge is -2.14. The molecule has 8 nitrogen and oxygen atoms in total. The van der Waals surface area contributed by atoms with Gasteiger partial charge >= 0.3 is 5.97 Å². The molecule has 3 aromatic heterocycles. The van der Waals surface area contributed by atoms with Gasteiger partial charge in [0.05, 0.1) is 37.3 Å². The highest BCUT2D eigenvalue weighted by molar-refractivity contribution is 7.19. The molecule has 1 saturated heterocycles. The molecule has 1 aromatic carbocycles. The van der Waals surface area contributed by atoms with Gasteiger partial charge in [-0.3, -0.25) is 4.79 Å². The van der Waals surface area contributed by atoms with Crippen LogP contribution in [-0.2, 0) is 27.4 Å². The van der Waals surface area contributed by atoms with E-state index >= 15 is 0 Å². The minimum absolute atomic E-state index is 0.0169. The van der Waals surface area contributed by atoms with Crippen molar-refractivity contribution in [2.24, 2.45) is 0 Å². The van der Waals surface area contributed by atoms with Crippen molar-refractivity contribution in [2.45, 2.75) is 39.0 Å². The fraction of sp³-hybridized carbons (Fsp3) is 0.320. The zero-order valence-corrected chi connectivity index (χ0v) is 19.9. The average Bonchev–Trinajstić information content (AvgIpc) is 3.56. The Kier molecular flexibility index (Phi) is 6.21. The third-order valence-corrected chi connectivity index (χ3v) is 7.05. The molecule has 1 aliphatic rings. The number of pyridine rings is 1. The predicted octanol–water partition coefficient (Wildman–Crippen LogP) is 4.79. The Morgan fingerprint density at radius 3 is 2.88 bits per heavy atom. The molecule has 4 aromatic rings. The molecule has 1 fully saturated rings. The third-order valence-electron chi connectivity index (χ3n) is 5.93. The van der Waals surface area contributed by atoms with Crippen LogP contribution in [0.1, 0.15) is 35.1 Å². The second kappa shape index (κ2) is 9.44. The maximum Gasteiger partial charge on any atom is 0.356 e. The first-order chi connectivity index (χ1) is 16.5. The van der Waals surface area contributed by atoms with E-state index in [2.05, 4.69) is 33.8 Å². The molecule has 34 heavy (non-hydrogen) atoms. The minimum Gasteiger partial charge on any atom is -0.464 e. The molecule has 0 saturated carbocycles. The summed E-state index contributed by atoms with van der Waals surface area (Å²) in [6, 6.07) is 12.4. The normalized spacial score (nSPS) is 15.6. The van der Waals surface area contributed by atoms with Crippen LogP contribution in [-0.4, -0.2) is 41.2 Å². The van der Waals surface area contributed by atoms with Crippen molar-refractivity contribution in [1.82, 2.24) is 9.55 Å². The molecule has 1 atom stereocenters. The molecule has 0 bridgehead atoms. The van der Waals surface area contributed by atoms with Crippen LogP contribution >= 0.6 is 11.3 Å². The topological polar surface area (TPSA) is 94.5 Å². The van der Waals surface area contributed by atoms with Crippen molar-refractivity contribution in [2.75, 3.05) is 24.4 Å². The zero-order chi connectivity index (χ0) is 23.7. The van der Waals surface area contributed by atoms with E-state index in [4.69, 9.17) is 9.47 Å². The third kappa shape index (κ3) is 4.36. The Morgan fingerprint density at radius 2 is 2.15 bits per heavy atom. The summed E-state index contributed by atoms with van der Waals surface area (Å²) in [5.41, 5.74) is 2.08. The Morgan fingerprint density at radius 1 is 1.29 bits per heavy atom. The van der Waals surface area contributed by atoms with E-state index < -0.39 is 5.97 Å². The quantitative estimate of drug-likeness (QED) is 0.371. The van der Waals surface area contributed by atoms with Crippen LogP contribution in [0.4, 0.5) is 11.4 Å². The number of thiophene rings is 1. The Labute approximate surface area is 200 Å². The molecule has 1 amide bonds. The maximum atomic E-state index is 12.8. The number of nitrogens with one attached hydrogen (secondary N) is 2. The number of anilines is 2. The SMILES string of the molecule is COC(=O)c1c(NC(C)=O)c2cc(NCc3cc4ccccc4s3)cnc2n1CC1CCCO1. The molecular weight excluding hydrogens is 452 g/mol. The number of nitrogens with zero attached hydrogens (tertiary/aromatic N) is 2. The maximum absolute atomic E-state index is 12.8. The smallest absolute Gasteiger partial charge is 0.356 e. The van der Waals surface area contributed by atoms with Crippen LogP contribution < -0.4 is 10.6 Å². The van der Waals surface area contributed by atoms with E-state index in [0.717, 1.165) is 18.5 Å². The molecule has 2 N–H and O–H groups in total. The van der Waals surface area contributed by atoms with Crippen LogP contribution in [0.3, 0.4) is 0 Å². The fourth-order valence-electron chi connectivity index (χ4n) is 4.42. The molecular formula is C25H26N4O4S. The van der Waals surface area contributed by atoms with Gasteiger partial charge in [-0.1, -0.05) is 18.2 Å². The highest BCUT2D eigenvalue weighted by Crippen LogP contribution is 2.34. The molecule has 0 spiro atoms. The summed E-state index contributed by atoms with van der Waals surface area (Å²) in [6.45, 7) is 3.22. The first-order valence-electron chi connectivity index (χ1n) is 11.2. The zero-order valence-electron chi connectivity index (χ0n) is 19.1. The summed E-state index contributed by atoms with van der Waals surface area (Å²) in [6.07, 6.45) is 3.62. The number of benzene rings is 1.